The second-order valence-electron chi connectivity index (χ2n) is 4.04. The molecule has 0 spiro atoms. The molecule has 0 amide bonds. The van der Waals surface area contributed by atoms with E-state index in [0.29, 0.717) is 5.70 Å². The quantitative estimate of drug-likeness (QED) is 0.620. The molecule has 0 aromatic rings. The molecule has 1 fully saturated rings. The zero-order valence-electron chi connectivity index (χ0n) is 8.39. The van der Waals surface area contributed by atoms with Crippen molar-refractivity contribution in [2.45, 2.75) is 31.3 Å². The molecular formula is C10H18N4. The Balaban J connectivity index is 2.03. The van der Waals surface area contributed by atoms with E-state index in [1.807, 2.05) is 6.21 Å². The molecule has 0 bridgehead atoms. The smallest absolute Gasteiger partial charge is 0.0667 e. The Hall–Kier alpha value is -0.870. The lowest BCUT2D eigenvalue weighted by atomic mass is 10.0. The molecule has 2 aliphatic rings. The topological polar surface area (TPSA) is 67.6 Å². The van der Waals surface area contributed by atoms with E-state index >= 15 is 0 Å². The maximum atomic E-state index is 6.03. The monoisotopic (exact) mass is 194 g/mol. The molecule has 4 heteroatoms. The van der Waals surface area contributed by atoms with Crippen LogP contribution in [-0.4, -0.2) is 36.3 Å². The van der Waals surface area contributed by atoms with Crippen molar-refractivity contribution in [3.8, 4) is 0 Å². The standard InChI is InChI=1S/C10H18N4/c11-8-6-13-7-9(10(8)12)14-4-2-1-3-5-14/h6-7,9-10H,1-5,11-12H2. The van der Waals surface area contributed by atoms with E-state index in [4.69, 9.17) is 11.5 Å². The van der Waals surface area contributed by atoms with Gasteiger partial charge < -0.3 is 11.5 Å². The largest absolute Gasteiger partial charge is 0.399 e. The average Bonchev–Trinajstić information content (AvgIpc) is 2.23. The molecule has 0 aromatic heterocycles. The summed E-state index contributed by atoms with van der Waals surface area (Å²) in [4.78, 5) is 6.52. The Morgan fingerprint density at radius 3 is 2.71 bits per heavy atom. The van der Waals surface area contributed by atoms with Crippen molar-refractivity contribution >= 4 is 6.21 Å². The molecule has 4 nitrogen and oxygen atoms in total. The van der Waals surface area contributed by atoms with Gasteiger partial charge >= 0.3 is 0 Å². The maximum Gasteiger partial charge on any atom is 0.0667 e. The normalized spacial score (nSPS) is 34.2. The van der Waals surface area contributed by atoms with Crippen LogP contribution in [0.1, 0.15) is 19.3 Å². The summed E-state index contributed by atoms with van der Waals surface area (Å²) in [6.07, 6.45) is 7.44. The van der Waals surface area contributed by atoms with Crippen LogP contribution in [0.2, 0.25) is 0 Å². The number of nitrogens with two attached hydrogens (primary N) is 2. The summed E-state index contributed by atoms with van der Waals surface area (Å²) in [6.45, 7) is 2.25. The van der Waals surface area contributed by atoms with Crippen molar-refractivity contribution < 1.29 is 0 Å². The summed E-state index contributed by atoms with van der Waals surface area (Å²) < 4.78 is 0. The number of likely N-dealkylation sites (tertiary alicyclic amines) is 1. The van der Waals surface area contributed by atoms with Crippen LogP contribution in [0.4, 0.5) is 0 Å². The van der Waals surface area contributed by atoms with E-state index < -0.39 is 0 Å². The van der Waals surface area contributed by atoms with E-state index in [0.717, 1.165) is 13.1 Å². The van der Waals surface area contributed by atoms with Gasteiger partial charge in [0.1, 0.15) is 0 Å². The second kappa shape index (κ2) is 4.11. The van der Waals surface area contributed by atoms with E-state index in [9.17, 15) is 0 Å². The first-order valence-corrected chi connectivity index (χ1v) is 5.27. The lowest BCUT2D eigenvalue weighted by Crippen LogP contribution is -2.53. The molecule has 14 heavy (non-hydrogen) atoms. The summed E-state index contributed by atoms with van der Waals surface area (Å²) in [5.41, 5.74) is 12.5. The van der Waals surface area contributed by atoms with Gasteiger partial charge in [-0.2, -0.15) is 0 Å². The molecule has 2 rings (SSSR count). The lowest BCUT2D eigenvalue weighted by molar-refractivity contribution is 0.191. The van der Waals surface area contributed by atoms with Crippen LogP contribution in [-0.2, 0) is 0 Å². The predicted molar refractivity (Wildman–Crippen MR) is 57.9 cm³/mol. The molecule has 0 aliphatic carbocycles. The van der Waals surface area contributed by atoms with Crippen molar-refractivity contribution in [2.75, 3.05) is 13.1 Å². The third-order valence-electron chi connectivity index (χ3n) is 3.03. The van der Waals surface area contributed by atoms with Crippen LogP contribution >= 0.6 is 0 Å². The first kappa shape index (κ1) is 9.68. The van der Waals surface area contributed by atoms with Gasteiger partial charge in [0.05, 0.1) is 12.1 Å². The molecule has 4 N–H and O–H groups in total. The highest BCUT2D eigenvalue weighted by Gasteiger charge is 2.27. The number of aliphatic imine (C=N–C) groups is 1. The Morgan fingerprint density at radius 2 is 2.00 bits per heavy atom. The predicted octanol–water partition coefficient (Wildman–Crippen LogP) is 0.0527. The molecule has 78 valence electrons. The molecular weight excluding hydrogens is 176 g/mol. The lowest BCUT2D eigenvalue weighted by Gasteiger charge is -2.36. The van der Waals surface area contributed by atoms with Crippen LogP contribution in [0.15, 0.2) is 16.9 Å². The number of hydrogen-bond acceptors (Lipinski definition) is 4. The SMILES string of the molecule is NC1=CN=CC(N2CCCCC2)C1N. The highest BCUT2D eigenvalue weighted by atomic mass is 15.2. The van der Waals surface area contributed by atoms with E-state index in [1.54, 1.807) is 6.20 Å². The third kappa shape index (κ3) is 1.81. The van der Waals surface area contributed by atoms with Crippen molar-refractivity contribution in [2.24, 2.45) is 16.5 Å². The van der Waals surface area contributed by atoms with E-state index in [-0.39, 0.29) is 12.1 Å². The van der Waals surface area contributed by atoms with Gasteiger partial charge in [-0.25, -0.2) is 0 Å². The molecule has 2 aliphatic heterocycles. The Bertz CT molecular complexity index is 253. The average molecular weight is 194 g/mol. The molecule has 2 heterocycles. The molecule has 2 atom stereocenters. The van der Waals surface area contributed by atoms with Crippen molar-refractivity contribution in [1.29, 1.82) is 0 Å². The summed E-state index contributed by atoms with van der Waals surface area (Å²) in [5.74, 6) is 0. The van der Waals surface area contributed by atoms with Gasteiger partial charge in [-0.1, -0.05) is 6.42 Å². The Kier molecular flexibility index (Phi) is 2.84. The molecule has 2 unspecified atom stereocenters. The number of nitrogens with zero attached hydrogens (tertiary/aromatic N) is 2. The minimum atomic E-state index is -0.0781. The minimum absolute atomic E-state index is 0.0781. The third-order valence-corrected chi connectivity index (χ3v) is 3.03. The van der Waals surface area contributed by atoms with Gasteiger partial charge in [-0.3, -0.25) is 9.89 Å². The molecule has 0 radical (unpaired) electrons. The fourth-order valence-electron chi connectivity index (χ4n) is 2.13. The van der Waals surface area contributed by atoms with Gasteiger partial charge in [-0.05, 0) is 25.9 Å². The van der Waals surface area contributed by atoms with Crippen LogP contribution in [0.3, 0.4) is 0 Å². The molecule has 1 saturated heterocycles. The van der Waals surface area contributed by atoms with Crippen LogP contribution < -0.4 is 11.5 Å². The molecule has 0 aromatic carbocycles. The summed E-state index contributed by atoms with van der Waals surface area (Å²) in [5, 5.41) is 0. The zero-order valence-corrected chi connectivity index (χ0v) is 8.39. The van der Waals surface area contributed by atoms with Gasteiger partial charge in [0, 0.05) is 18.1 Å². The highest BCUT2D eigenvalue weighted by Crippen LogP contribution is 2.16. The highest BCUT2D eigenvalue weighted by molar-refractivity contribution is 5.69. The van der Waals surface area contributed by atoms with Gasteiger partial charge in [0.2, 0.25) is 0 Å². The first-order valence-electron chi connectivity index (χ1n) is 5.27. The van der Waals surface area contributed by atoms with Crippen molar-refractivity contribution in [1.82, 2.24) is 4.90 Å². The Labute approximate surface area is 84.7 Å². The second-order valence-corrected chi connectivity index (χ2v) is 4.04. The van der Waals surface area contributed by atoms with Gasteiger partial charge in [0.15, 0.2) is 0 Å². The summed E-state index contributed by atoms with van der Waals surface area (Å²) in [6, 6.07) is 0.130. The number of rotatable bonds is 1. The zero-order chi connectivity index (χ0) is 9.97. The summed E-state index contributed by atoms with van der Waals surface area (Å²) >= 11 is 0. The van der Waals surface area contributed by atoms with Gasteiger partial charge in [-0.15, -0.1) is 0 Å². The molecule has 0 saturated carbocycles. The van der Waals surface area contributed by atoms with Crippen LogP contribution in [0, 0.1) is 0 Å². The van der Waals surface area contributed by atoms with E-state index in [2.05, 4.69) is 9.89 Å². The first-order chi connectivity index (χ1) is 6.79. The van der Waals surface area contributed by atoms with Crippen LogP contribution in [0.25, 0.3) is 0 Å². The fraction of sp³-hybridized carbons (Fsp3) is 0.700. The maximum absolute atomic E-state index is 6.03. The summed E-state index contributed by atoms with van der Waals surface area (Å²) in [7, 11) is 0. The van der Waals surface area contributed by atoms with Crippen molar-refractivity contribution in [3.63, 3.8) is 0 Å². The van der Waals surface area contributed by atoms with E-state index in [1.165, 1.54) is 19.3 Å². The van der Waals surface area contributed by atoms with Crippen molar-refractivity contribution in [3.05, 3.63) is 11.9 Å². The minimum Gasteiger partial charge on any atom is -0.399 e. The fourth-order valence-corrected chi connectivity index (χ4v) is 2.13. The number of hydrogen-bond donors (Lipinski definition) is 2. The van der Waals surface area contributed by atoms with Gasteiger partial charge in [0.25, 0.3) is 0 Å². The number of piperidine rings is 1. The Morgan fingerprint density at radius 1 is 1.29 bits per heavy atom. The van der Waals surface area contributed by atoms with Crippen LogP contribution in [0.5, 0.6) is 0 Å².